The molecule has 0 aliphatic rings. The summed E-state index contributed by atoms with van der Waals surface area (Å²) in [6, 6.07) is 2.35. The minimum absolute atomic E-state index is 0.165. The van der Waals surface area contributed by atoms with E-state index in [9.17, 15) is 0 Å². The van der Waals surface area contributed by atoms with Gasteiger partial charge in [-0.05, 0) is 30.4 Å². The Labute approximate surface area is 105 Å². The highest BCUT2D eigenvalue weighted by Crippen LogP contribution is 2.25. The van der Waals surface area contributed by atoms with Gasteiger partial charge in [-0.25, -0.2) is 0 Å². The Morgan fingerprint density at radius 1 is 1.62 bits per heavy atom. The summed E-state index contributed by atoms with van der Waals surface area (Å²) in [7, 11) is 1.66. The van der Waals surface area contributed by atoms with Crippen LogP contribution in [0.25, 0.3) is 0 Å². The van der Waals surface area contributed by atoms with E-state index in [2.05, 4.69) is 12.2 Å². The van der Waals surface area contributed by atoms with Crippen LogP contribution in [0.5, 0.6) is 0 Å². The summed E-state index contributed by atoms with van der Waals surface area (Å²) >= 11 is 7.42. The molecule has 2 atom stereocenters. The smallest absolute Gasteiger partial charge is 0.0931 e. The predicted octanol–water partition coefficient (Wildman–Crippen LogP) is 2.45. The van der Waals surface area contributed by atoms with Crippen LogP contribution >= 0.6 is 22.9 Å². The minimum Gasteiger partial charge on any atom is -0.396 e. The first-order valence-electron chi connectivity index (χ1n) is 5.27. The van der Waals surface area contributed by atoms with Gasteiger partial charge in [0.15, 0.2) is 0 Å². The minimum atomic E-state index is 0.165. The average Bonchev–Trinajstić information content (AvgIpc) is 2.65. The first-order chi connectivity index (χ1) is 7.67. The Hall–Kier alpha value is -0.130. The van der Waals surface area contributed by atoms with Crippen molar-refractivity contribution in [1.29, 1.82) is 0 Å². The van der Waals surface area contributed by atoms with Gasteiger partial charge in [0.05, 0.1) is 10.9 Å². The number of methoxy groups -OCH3 is 1. The third-order valence-electron chi connectivity index (χ3n) is 2.42. The average molecular weight is 264 g/mol. The predicted molar refractivity (Wildman–Crippen MR) is 68.2 cm³/mol. The maximum Gasteiger partial charge on any atom is 0.0931 e. The zero-order valence-corrected chi connectivity index (χ0v) is 11.1. The molecular weight excluding hydrogens is 246 g/mol. The van der Waals surface area contributed by atoms with Crippen LogP contribution in [-0.4, -0.2) is 31.5 Å². The van der Waals surface area contributed by atoms with Crippen LogP contribution in [0.1, 0.15) is 24.9 Å². The number of rotatable bonds is 7. The van der Waals surface area contributed by atoms with E-state index in [0.29, 0.717) is 13.0 Å². The molecule has 5 heteroatoms. The molecule has 1 aromatic rings. The zero-order chi connectivity index (χ0) is 12.0. The van der Waals surface area contributed by atoms with Crippen LogP contribution in [0.4, 0.5) is 0 Å². The highest BCUT2D eigenvalue weighted by Gasteiger charge is 2.13. The molecule has 0 saturated heterocycles. The van der Waals surface area contributed by atoms with Crippen molar-refractivity contribution in [2.45, 2.75) is 25.4 Å². The largest absolute Gasteiger partial charge is 0.396 e. The number of thiophene rings is 1. The monoisotopic (exact) mass is 263 g/mol. The van der Waals surface area contributed by atoms with Crippen molar-refractivity contribution in [3.8, 4) is 0 Å². The van der Waals surface area contributed by atoms with E-state index in [1.807, 2.05) is 11.4 Å². The number of ether oxygens (including phenoxy) is 1. The molecule has 0 amide bonds. The van der Waals surface area contributed by atoms with Crippen LogP contribution in [0.3, 0.4) is 0 Å². The summed E-state index contributed by atoms with van der Waals surface area (Å²) in [6.07, 6.45) is 0.691. The molecule has 16 heavy (non-hydrogen) atoms. The fraction of sp³-hybridized carbons (Fsp3) is 0.636. The molecule has 2 unspecified atom stereocenters. The van der Waals surface area contributed by atoms with Crippen LogP contribution in [-0.2, 0) is 4.74 Å². The van der Waals surface area contributed by atoms with Crippen molar-refractivity contribution in [2.75, 3.05) is 20.3 Å². The highest BCUT2D eigenvalue weighted by atomic mass is 35.5. The van der Waals surface area contributed by atoms with Crippen molar-refractivity contribution < 1.29 is 9.84 Å². The SMILES string of the molecule is COCC(CCO)NC(C)c1csc(Cl)c1. The Morgan fingerprint density at radius 3 is 2.88 bits per heavy atom. The number of halogens is 1. The maximum atomic E-state index is 8.94. The molecule has 0 aliphatic heterocycles. The molecule has 0 aromatic carbocycles. The van der Waals surface area contributed by atoms with Gasteiger partial charge in [-0.2, -0.15) is 0 Å². The third-order valence-corrected chi connectivity index (χ3v) is 3.53. The van der Waals surface area contributed by atoms with Gasteiger partial charge in [-0.15, -0.1) is 11.3 Å². The molecule has 1 rings (SSSR count). The Kier molecular flexibility index (Phi) is 6.31. The lowest BCUT2D eigenvalue weighted by molar-refractivity contribution is 0.143. The van der Waals surface area contributed by atoms with Crippen molar-refractivity contribution >= 4 is 22.9 Å². The third kappa shape index (κ3) is 4.39. The van der Waals surface area contributed by atoms with Gasteiger partial charge in [0.1, 0.15) is 0 Å². The van der Waals surface area contributed by atoms with Crippen molar-refractivity contribution in [1.82, 2.24) is 5.32 Å². The number of aliphatic hydroxyl groups is 1. The zero-order valence-electron chi connectivity index (χ0n) is 9.57. The second-order valence-electron chi connectivity index (χ2n) is 3.74. The van der Waals surface area contributed by atoms with Crippen molar-refractivity contribution in [2.24, 2.45) is 0 Å². The second kappa shape index (κ2) is 7.25. The van der Waals surface area contributed by atoms with Crippen LogP contribution in [0.15, 0.2) is 11.4 Å². The molecule has 92 valence electrons. The van der Waals surface area contributed by atoms with Crippen LogP contribution in [0.2, 0.25) is 4.34 Å². The summed E-state index contributed by atoms with van der Waals surface area (Å²) in [4.78, 5) is 0. The van der Waals surface area contributed by atoms with Gasteiger partial charge in [-0.3, -0.25) is 0 Å². The number of hydrogen-bond acceptors (Lipinski definition) is 4. The molecular formula is C11H18ClNO2S. The van der Waals surface area contributed by atoms with E-state index >= 15 is 0 Å². The van der Waals surface area contributed by atoms with Crippen molar-refractivity contribution in [3.05, 3.63) is 21.3 Å². The summed E-state index contributed by atoms with van der Waals surface area (Å²) in [5, 5.41) is 14.4. The lowest BCUT2D eigenvalue weighted by Gasteiger charge is -2.21. The molecule has 2 N–H and O–H groups in total. The van der Waals surface area contributed by atoms with Gasteiger partial charge in [-0.1, -0.05) is 11.6 Å². The standard InChI is InChI=1S/C11H18ClNO2S/c1-8(9-5-11(12)16-7-9)13-10(3-4-14)6-15-2/h5,7-8,10,13-14H,3-4,6H2,1-2H3. The van der Waals surface area contributed by atoms with E-state index in [-0.39, 0.29) is 18.7 Å². The summed E-state index contributed by atoms with van der Waals surface area (Å²) in [5.74, 6) is 0. The topological polar surface area (TPSA) is 41.5 Å². The van der Waals surface area contributed by atoms with E-state index in [1.54, 1.807) is 7.11 Å². The van der Waals surface area contributed by atoms with Crippen molar-refractivity contribution in [3.63, 3.8) is 0 Å². The van der Waals surface area contributed by atoms with E-state index < -0.39 is 0 Å². The van der Waals surface area contributed by atoms with Crippen LogP contribution < -0.4 is 5.32 Å². The molecule has 3 nitrogen and oxygen atoms in total. The fourth-order valence-corrected chi connectivity index (χ4v) is 2.56. The molecule has 0 saturated carbocycles. The van der Waals surface area contributed by atoms with E-state index in [0.717, 1.165) is 4.34 Å². The quantitative estimate of drug-likeness (QED) is 0.794. The normalized spacial score (nSPS) is 15.0. The Balaban J connectivity index is 2.50. The first kappa shape index (κ1) is 13.9. The van der Waals surface area contributed by atoms with Gasteiger partial charge >= 0.3 is 0 Å². The molecule has 0 bridgehead atoms. The lowest BCUT2D eigenvalue weighted by atomic mass is 10.1. The fourth-order valence-electron chi connectivity index (χ4n) is 1.57. The Morgan fingerprint density at radius 2 is 2.38 bits per heavy atom. The van der Waals surface area contributed by atoms with E-state index in [1.165, 1.54) is 16.9 Å². The van der Waals surface area contributed by atoms with Gasteiger partial charge in [0.2, 0.25) is 0 Å². The molecule has 0 aliphatic carbocycles. The Bertz CT molecular complexity index is 300. The van der Waals surface area contributed by atoms with Gasteiger partial charge in [0, 0.05) is 25.8 Å². The number of nitrogens with one attached hydrogen (secondary N) is 1. The number of aliphatic hydroxyl groups excluding tert-OH is 1. The lowest BCUT2D eigenvalue weighted by Crippen LogP contribution is -2.35. The van der Waals surface area contributed by atoms with Gasteiger partial charge in [0.25, 0.3) is 0 Å². The van der Waals surface area contributed by atoms with E-state index in [4.69, 9.17) is 21.4 Å². The second-order valence-corrected chi connectivity index (χ2v) is 5.28. The molecule has 1 heterocycles. The molecule has 1 aromatic heterocycles. The summed E-state index contributed by atoms with van der Waals surface area (Å²) < 4.78 is 5.90. The molecule has 0 radical (unpaired) electrons. The first-order valence-corrected chi connectivity index (χ1v) is 6.53. The maximum absolute atomic E-state index is 8.94. The van der Waals surface area contributed by atoms with Crippen LogP contribution in [0, 0.1) is 0 Å². The number of hydrogen-bond donors (Lipinski definition) is 2. The molecule has 0 spiro atoms. The highest BCUT2D eigenvalue weighted by molar-refractivity contribution is 7.14. The van der Waals surface area contributed by atoms with Gasteiger partial charge < -0.3 is 15.2 Å². The summed E-state index contributed by atoms with van der Waals surface area (Å²) in [6.45, 7) is 2.85. The molecule has 0 fully saturated rings. The summed E-state index contributed by atoms with van der Waals surface area (Å²) in [5.41, 5.74) is 1.18.